The average Bonchev–Trinajstić information content (AvgIpc) is 2.36. The lowest BCUT2D eigenvalue weighted by atomic mass is 10.1. The number of hydrogen-bond acceptors (Lipinski definition) is 5. The van der Waals surface area contributed by atoms with Crippen LogP contribution < -0.4 is 5.32 Å². The first-order valence-corrected chi connectivity index (χ1v) is 8.50. The second-order valence-electron chi connectivity index (χ2n) is 5.15. The van der Waals surface area contributed by atoms with Gasteiger partial charge in [-0.2, -0.15) is 0 Å². The third-order valence-corrected chi connectivity index (χ3v) is 4.26. The van der Waals surface area contributed by atoms with Crippen molar-refractivity contribution in [2.24, 2.45) is 0 Å². The summed E-state index contributed by atoms with van der Waals surface area (Å²) in [4.78, 5) is 20.7. The number of hydrogen-bond donors (Lipinski definition) is 1. The summed E-state index contributed by atoms with van der Waals surface area (Å²) < 4.78 is 22.7. The fourth-order valence-electron chi connectivity index (χ4n) is 2.22. The third kappa shape index (κ3) is 3.48. The Labute approximate surface area is 129 Å². The number of rotatable bonds is 3. The van der Waals surface area contributed by atoms with E-state index in [1.165, 1.54) is 18.3 Å². The van der Waals surface area contributed by atoms with Gasteiger partial charge in [-0.05, 0) is 44.5 Å². The van der Waals surface area contributed by atoms with Gasteiger partial charge in [-0.3, -0.25) is 9.78 Å². The zero-order valence-electron chi connectivity index (χ0n) is 12.8. The number of aromatic nitrogens is 2. The van der Waals surface area contributed by atoms with Crippen LogP contribution in [0.1, 0.15) is 27.3 Å². The largest absolute Gasteiger partial charge is 0.306 e. The van der Waals surface area contributed by atoms with Crippen LogP contribution in [0, 0.1) is 20.8 Å². The van der Waals surface area contributed by atoms with Crippen molar-refractivity contribution in [2.45, 2.75) is 25.7 Å². The summed E-state index contributed by atoms with van der Waals surface area (Å²) in [6.07, 6.45) is 2.32. The number of nitrogens with one attached hydrogen (secondary N) is 1. The van der Waals surface area contributed by atoms with Crippen molar-refractivity contribution in [3.05, 3.63) is 46.9 Å². The maximum atomic E-state index is 12.3. The van der Waals surface area contributed by atoms with Gasteiger partial charge in [0.05, 0.1) is 16.2 Å². The first-order valence-electron chi connectivity index (χ1n) is 6.61. The lowest BCUT2D eigenvalue weighted by molar-refractivity contribution is 0.102. The fourth-order valence-corrected chi connectivity index (χ4v) is 2.78. The van der Waals surface area contributed by atoms with E-state index in [9.17, 15) is 13.2 Å². The van der Waals surface area contributed by atoms with E-state index < -0.39 is 9.84 Å². The molecular formula is C15H17N3O3S. The minimum absolute atomic E-state index is 0.106. The zero-order valence-corrected chi connectivity index (χ0v) is 13.7. The van der Waals surface area contributed by atoms with Gasteiger partial charge in [0.25, 0.3) is 5.91 Å². The highest BCUT2D eigenvalue weighted by atomic mass is 32.2. The molecule has 116 valence electrons. The molecule has 22 heavy (non-hydrogen) atoms. The Kier molecular flexibility index (Phi) is 4.27. The highest BCUT2D eigenvalue weighted by Gasteiger charge is 2.15. The summed E-state index contributed by atoms with van der Waals surface area (Å²) >= 11 is 0. The van der Waals surface area contributed by atoms with Crippen molar-refractivity contribution in [1.29, 1.82) is 0 Å². The van der Waals surface area contributed by atoms with Gasteiger partial charge in [-0.25, -0.2) is 13.4 Å². The summed E-state index contributed by atoms with van der Waals surface area (Å²) in [6.45, 7) is 5.49. The monoisotopic (exact) mass is 319 g/mol. The highest BCUT2D eigenvalue weighted by molar-refractivity contribution is 7.90. The smallest absolute Gasteiger partial charge is 0.258 e. The molecule has 2 heterocycles. The Bertz CT molecular complexity index is 805. The van der Waals surface area contributed by atoms with Gasteiger partial charge in [0.15, 0.2) is 9.84 Å². The molecule has 0 aliphatic carbocycles. The zero-order chi connectivity index (χ0) is 16.5. The van der Waals surface area contributed by atoms with Crippen LogP contribution in [0.3, 0.4) is 0 Å². The molecule has 0 radical (unpaired) electrons. The Morgan fingerprint density at radius 2 is 1.86 bits per heavy atom. The molecule has 0 aliphatic heterocycles. The Morgan fingerprint density at radius 3 is 2.36 bits per heavy atom. The fraction of sp³-hybridized carbons (Fsp3) is 0.267. The predicted octanol–water partition coefficient (Wildman–Crippen LogP) is 2.06. The van der Waals surface area contributed by atoms with Gasteiger partial charge in [-0.1, -0.05) is 0 Å². The van der Waals surface area contributed by atoms with E-state index in [1.807, 2.05) is 19.9 Å². The molecule has 0 saturated carbocycles. The van der Waals surface area contributed by atoms with E-state index >= 15 is 0 Å². The van der Waals surface area contributed by atoms with Crippen LogP contribution in [0.5, 0.6) is 0 Å². The molecule has 0 unspecified atom stereocenters. The minimum Gasteiger partial charge on any atom is -0.306 e. The van der Waals surface area contributed by atoms with E-state index in [1.54, 1.807) is 6.92 Å². The maximum absolute atomic E-state index is 12.3. The van der Waals surface area contributed by atoms with E-state index in [0.29, 0.717) is 11.3 Å². The van der Waals surface area contributed by atoms with Gasteiger partial charge >= 0.3 is 0 Å². The van der Waals surface area contributed by atoms with Crippen molar-refractivity contribution in [3.63, 3.8) is 0 Å². The van der Waals surface area contributed by atoms with Crippen LogP contribution in [0.4, 0.5) is 5.82 Å². The lowest BCUT2D eigenvalue weighted by Gasteiger charge is -2.10. The summed E-state index contributed by atoms with van der Waals surface area (Å²) in [7, 11) is -3.30. The van der Waals surface area contributed by atoms with Crippen LogP contribution in [0.2, 0.25) is 0 Å². The minimum atomic E-state index is -3.30. The molecule has 0 saturated heterocycles. The summed E-state index contributed by atoms with van der Waals surface area (Å²) in [5, 5.41) is 2.65. The molecule has 0 atom stereocenters. The van der Waals surface area contributed by atoms with Crippen LogP contribution in [-0.4, -0.2) is 30.5 Å². The average molecular weight is 319 g/mol. The molecule has 7 heteroatoms. The molecule has 1 N–H and O–H groups in total. The van der Waals surface area contributed by atoms with Gasteiger partial charge in [0.2, 0.25) is 0 Å². The predicted molar refractivity (Wildman–Crippen MR) is 83.7 cm³/mol. The van der Waals surface area contributed by atoms with Gasteiger partial charge in [0, 0.05) is 18.1 Å². The summed E-state index contributed by atoms with van der Waals surface area (Å²) in [6, 6.07) is 4.70. The molecule has 0 bridgehead atoms. The second-order valence-corrected chi connectivity index (χ2v) is 7.16. The first-order chi connectivity index (χ1) is 10.2. The normalized spacial score (nSPS) is 11.3. The Morgan fingerprint density at radius 1 is 1.18 bits per heavy atom. The van der Waals surface area contributed by atoms with E-state index in [2.05, 4.69) is 15.3 Å². The van der Waals surface area contributed by atoms with Gasteiger partial charge in [-0.15, -0.1) is 0 Å². The highest BCUT2D eigenvalue weighted by Crippen LogP contribution is 2.16. The van der Waals surface area contributed by atoms with Crippen molar-refractivity contribution >= 4 is 21.6 Å². The number of anilines is 1. The second kappa shape index (κ2) is 5.84. The summed E-state index contributed by atoms with van der Waals surface area (Å²) in [5.41, 5.74) is 2.82. The first kappa shape index (κ1) is 16.1. The van der Waals surface area contributed by atoms with Crippen molar-refractivity contribution < 1.29 is 13.2 Å². The number of sulfone groups is 1. The molecule has 2 aromatic rings. The quantitative estimate of drug-likeness (QED) is 0.935. The van der Waals surface area contributed by atoms with Crippen LogP contribution in [0.15, 0.2) is 29.3 Å². The summed E-state index contributed by atoms with van der Waals surface area (Å²) in [5.74, 6) is -0.0288. The van der Waals surface area contributed by atoms with Crippen LogP contribution in [0.25, 0.3) is 0 Å². The standard InChI is InChI=1S/C15H17N3O3S/c1-9-7-10(2)17-11(3)14(9)15(19)18-13-6-5-12(8-16-13)22(4,20)21/h5-8H,1-4H3,(H,16,18,19). The third-order valence-electron chi connectivity index (χ3n) is 3.16. The molecule has 1 amide bonds. The Hall–Kier alpha value is -2.28. The van der Waals surface area contributed by atoms with Crippen molar-refractivity contribution in [1.82, 2.24) is 9.97 Å². The molecule has 0 spiro atoms. The van der Waals surface area contributed by atoms with E-state index in [-0.39, 0.29) is 16.6 Å². The van der Waals surface area contributed by atoms with Crippen molar-refractivity contribution in [2.75, 3.05) is 11.6 Å². The number of pyridine rings is 2. The number of amides is 1. The maximum Gasteiger partial charge on any atom is 0.258 e. The van der Waals surface area contributed by atoms with Crippen LogP contribution >= 0.6 is 0 Å². The molecular weight excluding hydrogens is 302 g/mol. The number of nitrogens with zero attached hydrogens (tertiary/aromatic N) is 2. The topological polar surface area (TPSA) is 89.0 Å². The van der Waals surface area contributed by atoms with Gasteiger partial charge < -0.3 is 5.32 Å². The number of carbonyl (C=O) groups excluding carboxylic acids is 1. The lowest BCUT2D eigenvalue weighted by Crippen LogP contribution is -2.17. The van der Waals surface area contributed by atoms with E-state index in [0.717, 1.165) is 17.5 Å². The van der Waals surface area contributed by atoms with Gasteiger partial charge in [0.1, 0.15) is 5.82 Å². The van der Waals surface area contributed by atoms with Crippen molar-refractivity contribution in [3.8, 4) is 0 Å². The molecule has 2 aromatic heterocycles. The molecule has 0 fully saturated rings. The number of carbonyl (C=O) groups is 1. The SMILES string of the molecule is Cc1cc(C)c(C(=O)Nc2ccc(S(C)(=O)=O)cn2)c(C)n1. The molecule has 2 rings (SSSR count). The number of aryl methyl sites for hydroxylation is 3. The molecule has 0 aliphatic rings. The molecule has 6 nitrogen and oxygen atoms in total. The Balaban J connectivity index is 2.26. The molecule has 0 aromatic carbocycles. The van der Waals surface area contributed by atoms with Crippen LogP contribution in [-0.2, 0) is 9.84 Å². The van der Waals surface area contributed by atoms with E-state index in [4.69, 9.17) is 0 Å².